The molecule has 0 spiro atoms. The number of hydrogen-bond acceptors (Lipinski definition) is 3. The zero-order valence-electron chi connectivity index (χ0n) is 14.0. The maximum Gasteiger partial charge on any atom is 0.222 e. The number of piperidine rings is 1. The van der Waals surface area contributed by atoms with E-state index in [2.05, 4.69) is 13.8 Å². The quantitative estimate of drug-likeness (QED) is 0.851. The first-order chi connectivity index (χ1) is 10.4. The molecule has 1 atom stereocenters. The van der Waals surface area contributed by atoms with Crippen molar-refractivity contribution < 1.29 is 9.53 Å². The number of likely N-dealkylation sites (tertiary alicyclic amines) is 1. The Morgan fingerprint density at radius 2 is 2.14 bits per heavy atom. The van der Waals surface area contributed by atoms with Crippen LogP contribution >= 0.6 is 0 Å². The minimum atomic E-state index is 0.00552. The molecule has 22 heavy (non-hydrogen) atoms. The van der Waals surface area contributed by atoms with E-state index < -0.39 is 0 Å². The van der Waals surface area contributed by atoms with Gasteiger partial charge in [0.1, 0.15) is 5.75 Å². The summed E-state index contributed by atoms with van der Waals surface area (Å²) in [6.07, 6.45) is 2.17. The number of aryl methyl sites for hydroxylation is 1. The summed E-state index contributed by atoms with van der Waals surface area (Å²) in [6, 6.07) is 8.13. The van der Waals surface area contributed by atoms with Gasteiger partial charge in [0, 0.05) is 25.6 Å². The molecule has 1 aromatic carbocycles. The smallest absolute Gasteiger partial charge is 0.222 e. The maximum absolute atomic E-state index is 12.3. The van der Waals surface area contributed by atoms with Gasteiger partial charge in [-0.05, 0) is 36.8 Å². The van der Waals surface area contributed by atoms with Crippen molar-refractivity contribution in [1.29, 1.82) is 0 Å². The Kier molecular flexibility index (Phi) is 5.46. The van der Waals surface area contributed by atoms with Crippen molar-refractivity contribution in [1.82, 2.24) is 4.90 Å². The van der Waals surface area contributed by atoms with E-state index in [0.717, 1.165) is 37.2 Å². The number of rotatable bonds is 5. The van der Waals surface area contributed by atoms with Crippen LogP contribution < -0.4 is 10.5 Å². The van der Waals surface area contributed by atoms with Crippen LogP contribution in [0, 0.1) is 12.3 Å². The number of carbonyl (C=O) groups is 1. The van der Waals surface area contributed by atoms with Gasteiger partial charge in [0.15, 0.2) is 0 Å². The average Bonchev–Trinajstić information content (AvgIpc) is 2.48. The molecule has 2 rings (SSSR count). The van der Waals surface area contributed by atoms with Gasteiger partial charge in [-0.15, -0.1) is 0 Å². The van der Waals surface area contributed by atoms with Gasteiger partial charge in [0.2, 0.25) is 5.91 Å². The van der Waals surface area contributed by atoms with Crippen molar-refractivity contribution in [3.63, 3.8) is 0 Å². The summed E-state index contributed by atoms with van der Waals surface area (Å²) in [5, 5.41) is 0. The van der Waals surface area contributed by atoms with Crippen LogP contribution in [0.1, 0.15) is 38.7 Å². The number of nitrogens with zero attached hydrogens (tertiary/aromatic N) is 1. The Morgan fingerprint density at radius 3 is 2.82 bits per heavy atom. The lowest BCUT2D eigenvalue weighted by Crippen LogP contribution is -2.54. The molecule has 1 fully saturated rings. The summed E-state index contributed by atoms with van der Waals surface area (Å²) in [6.45, 7) is 8.41. The molecule has 4 heteroatoms. The van der Waals surface area contributed by atoms with Crippen LogP contribution in [0.2, 0.25) is 0 Å². The SMILES string of the molecule is Cc1ccccc1OCCCC(=O)N1CCC(N)C(C)(C)C1. The third kappa shape index (κ3) is 4.23. The Morgan fingerprint density at radius 1 is 1.41 bits per heavy atom. The first kappa shape index (κ1) is 16.8. The topological polar surface area (TPSA) is 55.6 Å². The van der Waals surface area contributed by atoms with Gasteiger partial charge in [-0.1, -0.05) is 32.0 Å². The molecule has 1 aliphatic heterocycles. The number of amides is 1. The fourth-order valence-corrected chi connectivity index (χ4v) is 2.87. The van der Waals surface area contributed by atoms with Gasteiger partial charge >= 0.3 is 0 Å². The molecule has 4 nitrogen and oxygen atoms in total. The third-order valence-corrected chi connectivity index (χ3v) is 4.55. The Balaban J connectivity index is 1.73. The van der Waals surface area contributed by atoms with Crippen molar-refractivity contribution in [3.8, 4) is 5.75 Å². The lowest BCUT2D eigenvalue weighted by molar-refractivity contribution is -0.134. The normalized spacial score (nSPS) is 20.7. The van der Waals surface area contributed by atoms with Gasteiger partial charge in [0.25, 0.3) is 0 Å². The summed E-state index contributed by atoms with van der Waals surface area (Å²) < 4.78 is 5.74. The summed E-state index contributed by atoms with van der Waals surface area (Å²) in [7, 11) is 0. The van der Waals surface area contributed by atoms with Crippen LogP contribution in [0.3, 0.4) is 0 Å². The Labute approximate surface area is 133 Å². The third-order valence-electron chi connectivity index (χ3n) is 4.55. The number of benzene rings is 1. The van der Waals surface area contributed by atoms with E-state index in [0.29, 0.717) is 13.0 Å². The van der Waals surface area contributed by atoms with Crippen LogP contribution in [-0.4, -0.2) is 36.5 Å². The molecule has 1 amide bonds. The van der Waals surface area contributed by atoms with Crippen LogP contribution in [-0.2, 0) is 4.79 Å². The van der Waals surface area contributed by atoms with Crippen LogP contribution in [0.4, 0.5) is 0 Å². The summed E-state index contributed by atoms with van der Waals surface area (Å²) in [5.41, 5.74) is 7.25. The van der Waals surface area contributed by atoms with E-state index in [1.54, 1.807) is 0 Å². The molecule has 0 radical (unpaired) electrons. The largest absolute Gasteiger partial charge is 0.493 e. The number of para-hydroxylation sites is 1. The number of nitrogens with two attached hydrogens (primary N) is 1. The standard InChI is InChI=1S/C18H28N2O2/c1-14-7-4-5-8-15(14)22-12-6-9-17(21)20-11-10-16(19)18(2,3)13-20/h4-5,7-8,16H,6,9-13,19H2,1-3H3. The van der Waals surface area contributed by atoms with Gasteiger partial charge in [-0.25, -0.2) is 0 Å². The number of hydrogen-bond donors (Lipinski definition) is 1. The highest BCUT2D eigenvalue weighted by molar-refractivity contribution is 5.76. The van der Waals surface area contributed by atoms with E-state index in [4.69, 9.17) is 10.5 Å². The minimum Gasteiger partial charge on any atom is -0.493 e. The second kappa shape index (κ2) is 7.14. The van der Waals surface area contributed by atoms with Gasteiger partial charge in [-0.3, -0.25) is 4.79 Å². The molecule has 0 saturated carbocycles. The molecule has 0 aliphatic carbocycles. The zero-order chi connectivity index (χ0) is 16.2. The molecule has 0 bridgehead atoms. The lowest BCUT2D eigenvalue weighted by Gasteiger charge is -2.42. The highest BCUT2D eigenvalue weighted by atomic mass is 16.5. The van der Waals surface area contributed by atoms with Gasteiger partial charge in [-0.2, -0.15) is 0 Å². The molecule has 1 unspecified atom stereocenters. The summed E-state index contributed by atoms with van der Waals surface area (Å²) in [4.78, 5) is 14.3. The van der Waals surface area contributed by atoms with Gasteiger partial charge in [0.05, 0.1) is 6.61 Å². The minimum absolute atomic E-state index is 0.00552. The summed E-state index contributed by atoms with van der Waals surface area (Å²) in [5.74, 6) is 1.12. The Hall–Kier alpha value is -1.55. The molecular weight excluding hydrogens is 276 g/mol. The monoisotopic (exact) mass is 304 g/mol. The Bertz CT molecular complexity index is 514. The second-order valence-corrected chi connectivity index (χ2v) is 6.92. The highest BCUT2D eigenvalue weighted by Gasteiger charge is 2.34. The molecular formula is C18H28N2O2. The van der Waals surface area contributed by atoms with Crippen LogP contribution in [0.25, 0.3) is 0 Å². The second-order valence-electron chi connectivity index (χ2n) is 6.92. The molecule has 1 saturated heterocycles. The van der Waals surface area contributed by atoms with E-state index >= 15 is 0 Å². The molecule has 1 heterocycles. The van der Waals surface area contributed by atoms with Crippen LogP contribution in [0.5, 0.6) is 5.75 Å². The van der Waals surface area contributed by atoms with Crippen molar-refractivity contribution in [3.05, 3.63) is 29.8 Å². The van der Waals surface area contributed by atoms with Crippen LogP contribution in [0.15, 0.2) is 24.3 Å². The number of ether oxygens (including phenoxy) is 1. The van der Waals surface area contributed by atoms with Crippen molar-refractivity contribution in [2.75, 3.05) is 19.7 Å². The fraction of sp³-hybridized carbons (Fsp3) is 0.611. The predicted octanol–water partition coefficient (Wildman–Crippen LogP) is 2.74. The first-order valence-corrected chi connectivity index (χ1v) is 8.12. The molecule has 0 aromatic heterocycles. The fourth-order valence-electron chi connectivity index (χ4n) is 2.87. The first-order valence-electron chi connectivity index (χ1n) is 8.12. The van der Waals surface area contributed by atoms with E-state index in [9.17, 15) is 4.79 Å². The van der Waals surface area contributed by atoms with Crippen molar-refractivity contribution in [2.24, 2.45) is 11.1 Å². The molecule has 2 N–H and O–H groups in total. The maximum atomic E-state index is 12.3. The van der Waals surface area contributed by atoms with Crippen molar-refractivity contribution >= 4 is 5.91 Å². The lowest BCUT2D eigenvalue weighted by atomic mass is 9.79. The van der Waals surface area contributed by atoms with Crippen molar-refractivity contribution in [2.45, 2.75) is 46.1 Å². The summed E-state index contributed by atoms with van der Waals surface area (Å²) >= 11 is 0. The van der Waals surface area contributed by atoms with E-state index in [1.165, 1.54) is 0 Å². The van der Waals surface area contributed by atoms with E-state index in [1.807, 2.05) is 36.1 Å². The molecule has 122 valence electrons. The van der Waals surface area contributed by atoms with Gasteiger partial charge < -0.3 is 15.4 Å². The average molecular weight is 304 g/mol. The number of carbonyl (C=O) groups excluding carboxylic acids is 1. The predicted molar refractivity (Wildman–Crippen MR) is 88.9 cm³/mol. The molecule has 1 aliphatic rings. The highest BCUT2D eigenvalue weighted by Crippen LogP contribution is 2.28. The molecule has 1 aromatic rings. The van der Waals surface area contributed by atoms with E-state index in [-0.39, 0.29) is 17.4 Å². The zero-order valence-corrected chi connectivity index (χ0v) is 14.0.